The summed E-state index contributed by atoms with van der Waals surface area (Å²) < 4.78 is 2.11. The zero-order valence-electron chi connectivity index (χ0n) is 7.02. The summed E-state index contributed by atoms with van der Waals surface area (Å²) in [5.41, 5.74) is -0.560. The highest BCUT2D eigenvalue weighted by atomic mass is 79.9. The number of rotatable bonds is 1. The lowest BCUT2D eigenvalue weighted by Gasteiger charge is -2.20. The molecule has 4 heteroatoms. The molecule has 0 radical (unpaired) electrons. The molecule has 2 rings (SSSR count). The minimum atomic E-state index is -0.560. The second-order valence-electron chi connectivity index (χ2n) is 3.47. The molecular formula is C9H10Br2OS. The topological polar surface area (TPSA) is 20.2 Å². The summed E-state index contributed by atoms with van der Waals surface area (Å²) in [6.45, 7) is 0. The van der Waals surface area contributed by atoms with Crippen LogP contribution in [0.5, 0.6) is 0 Å². The van der Waals surface area contributed by atoms with E-state index in [0.717, 1.165) is 38.8 Å². The van der Waals surface area contributed by atoms with Crippen molar-refractivity contribution < 1.29 is 5.11 Å². The average molecular weight is 326 g/mol. The van der Waals surface area contributed by atoms with E-state index in [1.807, 2.05) is 6.07 Å². The Morgan fingerprint density at radius 3 is 2.38 bits per heavy atom. The van der Waals surface area contributed by atoms with Crippen LogP contribution in [0.2, 0.25) is 0 Å². The van der Waals surface area contributed by atoms with Crippen molar-refractivity contribution in [2.75, 3.05) is 0 Å². The van der Waals surface area contributed by atoms with Gasteiger partial charge in [0.1, 0.15) is 0 Å². The van der Waals surface area contributed by atoms with Crippen LogP contribution in [0.25, 0.3) is 0 Å². The molecule has 1 nitrogen and oxygen atoms in total. The molecule has 0 atom stereocenters. The third-order valence-electron chi connectivity index (χ3n) is 2.51. The average Bonchev–Trinajstić information content (AvgIpc) is 2.59. The summed E-state index contributed by atoms with van der Waals surface area (Å²) >= 11 is 8.54. The summed E-state index contributed by atoms with van der Waals surface area (Å²) in [5.74, 6) is 0. The lowest BCUT2D eigenvalue weighted by molar-refractivity contribution is 0.0476. The molecule has 72 valence electrons. The Bertz CT molecular complexity index is 315. The molecule has 0 aliphatic heterocycles. The van der Waals surface area contributed by atoms with E-state index in [2.05, 4.69) is 31.9 Å². The lowest BCUT2D eigenvalue weighted by Crippen LogP contribution is -2.19. The van der Waals surface area contributed by atoms with Gasteiger partial charge in [-0.05, 0) is 50.8 Å². The number of hydrogen-bond donors (Lipinski definition) is 1. The standard InChI is InChI=1S/C9H10Br2OS/c10-6-5-7(11)13-8(6)9(12)3-1-2-4-9/h5,12H,1-4H2. The molecule has 1 aliphatic carbocycles. The molecule has 1 aromatic heterocycles. The predicted octanol–water partition coefficient (Wildman–Crippen LogP) is 4.03. The van der Waals surface area contributed by atoms with Crippen LogP contribution in [-0.2, 0) is 5.60 Å². The highest BCUT2D eigenvalue weighted by Gasteiger charge is 2.36. The molecule has 0 unspecified atom stereocenters. The van der Waals surface area contributed by atoms with Crippen molar-refractivity contribution in [1.29, 1.82) is 0 Å². The molecule has 1 heterocycles. The second kappa shape index (κ2) is 3.65. The summed E-state index contributed by atoms with van der Waals surface area (Å²) in [4.78, 5) is 1.08. The van der Waals surface area contributed by atoms with Gasteiger partial charge in [0, 0.05) is 4.47 Å². The van der Waals surface area contributed by atoms with Gasteiger partial charge in [-0.3, -0.25) is 0 Å². The highest BCUT2D eigenvalue weighted by Crippen LogP contribution is 2.46. The summed E-state index contributed by atoms with van der Waals surface area (Å²) in [6.07, 6.45) is 4.08. The molecule has 1 aromatic rings. The molecule has 0 saturated heterocycles. The Balaban J connectivity index is 2.38. The molecule has 13 heavy (non-hydrogen) atoms. The van der Waals surface area contributed by atoms with Crippen molar-refractivity contribution in [3.8, 4) is 0 Å². The molecule has 0 spiro atoms. The Morgan fingerprint density at radius 1 is 1.31 bits per heavy atom. The number of hydrogen-bond acceptors (Lipinski definition) is 2. The van der Waals surface area contributed by atoms with Crippen LogP contribution in [0.4, 0.5) is 0 Å². The second-order valence-corrected chi connectivity index (χ2v) is 6.75. The van der Waals surface area contributed by atoms with E-state index in [0.29, 0.717) is 0 Å². The number of thiophene rings is 1. The van der Waals surface area contributed by atoms with Gasteiger partial charge in [-0.15, -0.1) is 11.3 Å². The Hall–Kier alpha value is 0.620. The van der Waals surface area contributed by atoms with Gasteiger partial charge in [-0.25, -0.2) is 0 Å². The van der Waals surface area contributed by atoms with Crippen molar-refractivity contribution in [3.63, 3.8) is 0 Å². The van der Waals surface area contributed by atoms with Gasteiger partial charge in [0.05, 0.1) is 14.3 Å². The van der Waals surface area contributed by atoms with Crippen molar-refractivity contribution >= 4 is 43.2 Å². The first kappa shape index (κ1) is 10.1. The van der Waals surface area contributed by atoms with Crippen LogP contribution < -0.4 is 0 Å². The zero-order valence-corrected chi connectivity index (χ0v) is 11.0. The summed E-state index contributed by atoms with van der Waals surface area (Å²) in [7, 11) is 0. The maximum Gasteiger partial charge on any atom is 0.0999 e. The largest absolute Gasteiger partial charge is 0.384 e. The molecule has 0 amide bonds. The quantitative estimate of drug-likeness (QED) is 0.826. The van der Waals surface area contributed by atoms with E-state index in [1.54, 1.807) is 11.3 Å². The zero-order chi connectivity index (χ0) is 9.47. The normalized spacial score (nSPS) is 20.8. The number of halogens is 2. The molecule has 1 aliphatic rings. The third kappa shape index (κ3) is 1.87. The molecule has 1 fully saturated rings. The predicted molar refractivity (Wildman–Crippen MR) is 62.1 cm³/mol. The van der Waals surface area contributed by atoms with Gasteiger partial charge in [-0.1, -0.05) is 12.8 Å². The van der Waals surface area contributed by atoms with E-state index < -0.39 is 5.60 Å². The smallest absolute Gasteiger partial charge is 0.0999 e. The van der Waals surface area contributed by atoms with Crippen LogP contribution in [-0.4, -0.2) is 5.11 Å². The van der Waals surface area contributed by atoms with Crippen molar-refractivity contribution in [2.24, 2.45) is 0 Å². The summed E-state index contributed by atoms with van der Waals surface area (Å²) in [6, 6.07) is 2.01. The van der Waals surface area contributed by atoms with Crippen LogP contribution in [0.3, 0.4) is 0 Å². The monoisotopic (exact) mass is 324 g/mol. The highest BCUT2D eigenvalue weighted by molar-refractivity contribution is 9.11. The molecular weight excluding hydrogens is 316 g/mol. The van der Waals surface area contributed by atoms with Gasteiger partial charge in [0.15, 0.2) is 0 Å². The van der Waals surface area contributed by atoms with Crippen LogP contribution in [0, 0.1) is 0 Å². The number of aliphatic hydroxyl groups is 1. The van der Waals surface area contributed by atoms with Gasteiger partial charge in [0.2, 0.25) is 0 Å². The fraction of sp³-hybridized carbons (Fsp3) is 0.556. The van der Waals surface area contributed by atoms with Gasteiger partial charge >= 0.3 is 0 Å². The molecule has 1 saturated carbocycles. The van der Waals surface area contributed by atoms with E-state index in [4.69, 9.17) is 0 Å². The minimum absolute atomic E-state index is 0.560. The van der Waals surface area contributed by atoms with Gasteiger partial charge < -0.3 is 5.11 Å². The maximum atomic E-state index is 10.3. The fourth-order valence-corrected chi connectivity index (χ4v) is 4.78. The molecule has 0 bridgehead atoms. The first-order valence-electron chi connectivity index (χ1n) is 4.29. The van der Waals surface area contributed by atoms with E-state index >= 15 is 0 Å². The van der Waals surface area contributed by atoms with Crippen LogP contribution >= 0.6 is 43.2 Å². The van der Waals surface area contributed by atoms with Crippen LogP contribution in [0.15, 0.2) is 14.3 Å². The summed E-state index contributed by atoms with van der Waals surface area (Å²) in [5, 5.41) is 10.3. The first-order valence-corrected chi connectivity index (χ1v) is 6.70. The van der Waals surface area contributed by atoms with Crippen molar-refractivity contribution in [3.05, 3.63) is 19.2 Å². The minimum Gasteiger partial charge on any atom is -0.384 e. The Kier molecular flexibility index (Phi) is 2.85. The molecule has 0 aromatic carbocycles. The van der Waals surface area contributed by atoms with E-state index in [-0.39, 0.29) is 0 Å². The maximum absolute atomic E-state index is 10.3. The van der Waals surface area contributed by atoms with Gasteiger partial charge in [0.25, 0.3) is 0 Å². The SMILES string of the molecule is OC1(c2sc(Br)cc2Br)CCCC1. The lowest BCUT2D eigenvalue weighted by atomic mass is 10.0. The Labute approximate surface area is 98.4 Å². The van der Waals surface area contributed by atoms with Crippen LogP contribution in [0.1, 0.15) is 30.6 Å². The van der Waals surface area contributed by atoms with Crippen molar-refractivity contribution in [1.82, 2.24) is 0 Å². The first-order chi connectivity index (χ1) is 6.12. The van der Waals surface area contributed by atoms with E-state index in [1.165, 1.54) is 0 Å². The Morgan fingerprint density at radius 2 is 1.92 bits per heavy atom. The van der Waals surface area contributed by atoms with Gasteiger partial charge in [-0.2, -0.15) is 0 Å². The fourth-order valence-electron chi connectivity index (χ4n) is 1.85. The van der Waals surface area contributed by atoms with E-state index in [9.17, 15) is 5.11 Å². The van der Waals surface area contributed by atoms with Crippen molar-refractivity contribution in [2.45, 2.75) is 31.3 Å². The molecule has 1 N–H and O–H groups in total. The third-order valence-corrected chi connectivity index (χ3v) is 5.23.